The van der Waals surface area contributed by atoms with E-state index in [1.54, 1.807) is 13.0 Å². The maximum atomic E-state index is 11.6. The summed E-state index contributed by atoms with van der Waals surface area (Å²) in [7, 11) is 0. The van der Waals surface area contributed by atoms with Gasteiger partial charge in [0.05, 0.1) is 10.0 Å². The first-order valence-electron chi connectivity index (χ1n) is 6.36. The van der Waals surface area contributed by atoms with Crippen LogP contribution >= 0.6 is 23.2 Å². The molecule has 3 nitrogen and oxygen atoms in total. The average Bonchev–Trinajstić information content (AvgIpc) is 2.78. The summed E-state index contributed by atoms with van der Waals surface area (Å²) in [5, 5.41) is 1.09. The Balaban J connectivity index is 0.00000200. The Morgan fingerprint density at radius 3 is 2.50 bits per heavy atom. The minimum absolute atomic E-state index is 0. The lowest BCUT2D eigenvalue weighted by atomic mass is 9.85. The van der Waals surface area contributed by atoms with Crippen LogP contribution in [0.4, 0.5) is 0 Å². The standard InChI is InChI=1S/C14H18Cl2N2O.CH4/c1-8(17)11-6-18(9(2)19)7-12(11)10-3-4-13(15)14(16)5-10;/h3-5,8,11-12H,6-7,17H2,1-2H3;1H4/t8?,11-,12-;/m0./s1. The molecule has 0 saturated carbocycles. The van der Waals surface area contributed by atoms with Crippen LogP contribution in [0.25, 0.3) is 0 Å². The summed E-state index contributed by atoms with van der Waals surface area (Å²) >= 11 is 12.0. The maximum absolute atomic E-state index is 11.6. The van der Waals surface area contributed by atoms with Gasteiger partial charge in [-0.3, -0.25) is 4.79 Å². The van der Waals surface area contributed by atoms with E-state index in [9.17, 15) is 4.79 Å². The molecule has 5 heteroatoms. The number of amides is 1. The fourth-order valence-corrected chi connectivity index (χ4v) is 3.02. The summed E-state index contributed by atoms with van der Waals surface area (Å²) in [6, 6.07) is 5.68. The van der Waals surface area contributed by atoms with Gasteiger partial charge in [-0.15, -0.1) is 0 Å². The lowest BCUT2D eigenvalue weighted by molar-refractivity contribution is -0.127. The quantitative estimate of drug-likeness (QED) is 0.907. The third-order valence-corrected chi connectivity index (χ3v) is 4.60. The molecular weight excluding hydrogens is 295 g/mol. The zero-order chi connectivity index (χ0) is 14.2. The summed E-state index contributed by atoms with van der Waals surface area (Å²) < 4.78 is 0. The molecule has 1 fully saturated rings. The predicted octanol–water partition coefficient (Wildman–Crippen LogP) is 3.54. The summed E-state index contributed by atoms with van der Waals surface area (Å²) in [5.74, 6) is 0.563. The van der Waals surface area contributed by atoms with E-state index in [1.165, 1.54) is 0 Å². The molecule has 2 N–H and O–H groups in total. The predicted molar refractivity (Wildman–Crippen MR) is 85.3 cm³/mol. The Bertz CT molecular complexity index is 491. The van der Waals surface area contributed by atoms with Gasteiger partial charge in [-0.25, -0.2) is 0 Å². The van der Waals surface area contributed by atoms with E-state index in [4.69, 9.17) is 28.9 Å². The molecule has 1 aliphatic heterocycles. The van der Waals surface area contributed by atoms with Crippen molar-refractivity contribution >= 4 is 29.1 Å². The number of halogens is 2. The van der Waals surface area contributed by atoms with Crippen LogP contribution in [-0.4, -0.2) is 29.9 Å². The van der Waals surface area contributed by atoms with Crippen LogP contribution in [0.2, 0.25) is 10.0 Å². The van der Waals surface area contributed by atoms with Gasteiger partial charge in [-0.1, -0.05) is 36.7 Å². The Morgan fingerprint density at radius 2 is 2.00 bits per heavy atom. The summed E-state index contributed by atoms with van der Waals surface area (Å²) in [5.41, 5.74) is 7.16. The SMILES string of the molecule is C.CC(=O)N1C[C@@H](c2ccc(Cl)c(Cl)c2)[C@H](C(C)N)C1. The lowest BCUT2D eigenvalue weighted by Crippen LogP contribution is -2.32. The van der Waals surface area contributed by atoms with Crippen LogP contribution in [0.3, 0.4) is 0 Å². The van der Waals surface area contributed by atoms with Gasteiger partial charge in [-0.2, -0.15) is 0 Å². The average molecular weight is 317 g/mol. The Morgan fingerprint density at radius 1 is 1.35 bits per heavy atom. The van der Waals surface area contributed by atoms with E-state index >= 15 is 0 Å². The van der Waals surface area contributed by atoms with Crippen LogP contribution in [0.15, 0.2) is 18.2 Å². The van der Waals surface area contributed by atoms with E-state index in [-0.39, 0.29) is 31.2 Å². The molecule has 0 bridgehead atoms. The van der Waals surface area contributed by atoms with E-state index in [0.717, 1.165) is 5.56 Å². The van der Waals surface area contributed by atoms with Crippen molar-refractivity contribution in [3.63, 3.8) is 0 Å². The van der Waals surface area contributed by atoms with E-state index < -0.39 is 0 Å². The maximum Gasteiger partial charge on any atom is 0.219 e. The largest absolute Gasteiger partial charge is 0.342 e. The highest BCUT2D eigenvalue weighted by Gasteiger charge is 2.37. The molecular formula is C15H22Cl2N2O. The van der Waals surface area contributed by atoms with Gasteiger partial charge in [0, 0.05) is 32.0 Å². The zero-order valence-corrected chi connectivity index (χ0v) is 12.6. The molecule has 0 spiro atoms. The number of rotatable bonds is 2. The molecule has 2 rings (SSSR count). The summed E-state index contributed by atoms with van der Waals surface area (Å²) in [6.45, 7) is 4.98. The Kier molecular flexibility index (Phi) is 5.87. The Hall–Kier alpha value is -0.770. The van der Waals surface area contributed by atoms with Crippen LogP contribution < -0.4 is 5.73 Å². The zero-order valence-electron chi connectivity index (χ0n) is 11.1. The first-order chi connectivity index (χ1) is 8.90. The van der Waals surface area contributed by atoms with Crippen molar-refractivity contribution in [2.75, 3.05) is 13.1 Å². The fourth-order valence-electron chi connectivity index (χ4n) is 2.71. The minimum atomic E-state index is 0. The highest BCUT2D eigenvalue weighted by Crippen LogP contribution is 2.36. The van der Waals surface area contributed by atoms with Crippen LogP contribution in [0, 0.1) is 5.92 Å². The second-order valence-electron chi connectivity index (χ2n) is 5.23. The first kappa shape index (κ1) is 17.3. The van der Waals surface area contributed by atoms with Gasteiger partial charge in [0.1, 0.15) is 0 Å². The van der Waals surface area contributed by atoms with Crippen molar-refractivity contribution in [2.45, 2.75) is 33.2 Å². The van der Waals surface area contributed by atoms with Gasteiger partial charge in [-0.05, 0) is 30.5 Å². The van der Waals surface area contributed by atoms with Crippen LogP contribution in [0.5, 0.6) is 0 Å². The van der Waals surface area contributed by atoms with E-state index in [2.05, 4.69) is 0 Å². The van der Waals surface area contributed by atoms with Crippen molar-refractivity contribution in [1.82, 2.24) is 4.90 Å². The monoisotopic (exact) mass is 316 g/mol. The fraction of sp³-hybridized carbons (Fsp3) is 0.533. The van der Waals surface area contributed by atoms with Gasteiger partial charge < -0.3 is 10.6 Å². The summed E-state index contributed by atoms with van der Waals surface area (Å²) in [4.78, 5) is 13.4. The number of carbonyl (C=O) groups excluding carboxylic acids is 1. The van der Waals surface area contributed by atoms with Crippen molar-refractivity contribution in [2.24, 2.45) is 11.7 Å². The smallest absolute Gasteiger partial charge is 0.219 e. The highest BCUT2D eigenvalue weighted by molar-refractivity contribution is 6.42. The van der Waals surface area contributed by atoms with Crippen LogP contribution in [-0.2, 0) is 4.79 Å². The molecule has 0 aromatic heterocycles. The number of likely N-dealkylation sites (tertiary alicyclic amines) is 1. The highest BCUT2D eigenvalue weighted by atomic mass is 35.5. The molecule has 20 heavy (non-hydrogen) atoms. The third kappa shape index (κ3) is 3.46. The lowest BCUT2D eigenvalue weighted by Gasteiger charge is -2.22. The topological polar surface area (TPSA) is 46.3 Å². The molecule has 1 amide bonds. The van der Waals surface area contributed by atoms with E-state index in [1.807, 2.05) is 24.0 Å². The number of hydrogen-bond acceptors (Lipinski definition) is 2. The second-order valence-corrected chi connectivity index (χ2v) is 6.04. The molecule has 1 aromatic rings. The number of nitrogens with two attached hydrogens (primary N) is 1. The molecule has 1 unspecified atom stereocenters. The van der Waals surface area contributed by atoms with Gasteiger partial charge >= 0.3 is 0 Å². The molecule has 1 heterocycles. The van der Waals surface area contributed by atoms with E-state index in [0.29, 0.717) is 23.1 Å². The second kappa shape index (κ2) is 6.79. The molecule has 1 aliphatic rings. The molecule has 112 valence electrons. The molecule has 1 saturated heterocycles. The molecule has 3 atom stereocenters. The number of hydrogen-bond donors (Lipinski definition) is 1. The third-order valence-electron chi connectivity index (χ3n) is 3.86. The molecule has 0 radical (unpaired) electrons. The number of carbonyl (C=O) groups is 1. The van der Waals surface area contributed by atoms with Crippen LogP contribution in [0.1, 0.15) is 32.8 Å². The van der Waals surface area contributed by atoms with Gasteiger partial charge in [0.15, 0.2) is 0 Å². The van der Waals surface area contributed by atoms with Crippen molar-refractivity contribution < 1.29 is 4.79 Å². The first-order valence-corrected chi connectivity index (χ1v) is 7.11. The number of benzene rings is 1. The van der Waals surface area contributed by atoms with Crippen molar-refractivity contribution in [1.29, 1.82) is 0 Å². The van der Waals surface area contributed by atoms with Gasteiger partial charge in [0.2, 0.25) is 5.91 Å². The normalized spacial score (nSPS) is 23.4. The molecule has 1 aromatic carbocycles. The van der Waals surface area contributed by atoms with Crippen molar-refractivity contribution in [3.8, 4) is 0 Å². The summed E-state index contributed by atoms with van der Waals surface area (Å²) in [6.07, 6.45) is 0. The van der Waals surface area contributed by atoms with Gasteiger partial charge in [0.25, 0.3) is 0 Å². The molecule has 0 aliphatic carbocycles. The van der Waals surface area contributed by atoms with Crippen molar-refractivity contribution in [3.05, 3.63) is 33.8 Å². The minimum Gasteiger partial charge on any atom is -0.342 e. The number of nitrogens with zero attached hydrogens (tertiary/aromatic N) is 1. The Labute approximate surface area is 131 Å².